The first kappa shape index (κ1) is 14.9. The second-order valence-electron chi connectivity index (χ2n) is 6.17. The van der Waals surface area contributed by atoms with E-state index in [1.165, 1.54) is 0 Å². The molecule has 0 amide bonds. The molecule has 1 saturated heterocycles. The number of rotatable bonds is 3. The third-order valence-electron chi connectivity index (χ3n) is 4.70. The molecular formula is C17H20N2O3S. The third-order valence-corrected chi connectivity index (χ3v) is 6.98. The molecule has 1 atom stereocenters. The predicted molar refractivity (Wildman–Crippen MR) is 88.5 cm³/mol. The van der Waals surface area contributed by atoms with E-state index < -0.39 is 10.0 Å². The van der Waals surface area contributed by atoms with Crippen LogP contribution in [0.4, 0.5) is 0 Å². The van der Waals surface area contributed by atoms with E-state index in [1.807, 2.05) is 36.4 Å². The summed E-state index contributed by atoms with van der Waals surface area (Å²) in [5, 5.41) is 2.83. The van der Waals surface area contributed by atoms with Gasteiger partial charge in [-0.05, 0) is 31.0 Å². The van der Waals surface area contributed by atoms with Crippen LogP contribution in [0.15, 0.2) is 40.8 Å². The van der Waals surface area contributed by atoms with E-state index in [-0.39, 0.29) is 5.25 Å². The van der Waals surface area contributed by atoms with E-state index in [2.05, 4.69) is 5.32 Å². The van der Waals surface area contributed by atoms with Crippen molar-refractivity contribution in [3.8, 4) is 11.3 Å². The molecule has 2 aliphatic heterocycles. The van der Waals surface area contributed by atoms with Crippen LogP contribution in [0.3, 0.4) is 0 Å². The second-order valence-corrected chi connectivity index (χ2v) is 8.38. The van der Waals surface area contributed by atoms with Crippen molar-refractivity contribution in [2.45, 2.75) is 24.6 Å². The van der Waals surface area contributed by atoms with Gasteiger partial charge in [0.25, 0.3) is 0 Å². The number of furan rings is 1. The molecule has 0 spiro atoms. The summed E-state index contributed by atoms with van der Waals surface area (Å²) in [6, 6.07) is 12.0. The fourth-order valence-electron chi connectivity index (χ4n) is 3.35. The van der Waals surface area contributed by atoms with Crippen molar-refractivity contribution < 1.29 is 12.8 Å². The molecule has 5 nitrogen and oxygen atoms in total. The minimum absolute atomic E-state index is 0.299. The molecule has 1 aromatic carbocycles. The summed E-state index contributed by atoms with van der Waals surface area (Å²) in [5.41, 5.74) is 2.15. The molecule has 1 fully saturated rings. The second kappa shape index (κ2) is 5.78. The summed E-state index contributed by atoms with van der Waals surface area (Å²) in [4.78, 5) is 0. The van der Waals surface area contributed by atoms with Gasteiger partial charge >= 0.3 is 0 Å². The predicted octanol–water partition coefficient (Wildman–Crippen LogP) is 2.00. The summed E-state index contributed by atoms with van der Waals surface area (Å²) in [6.45, 7) is 2.22. The molecular weight excluding hydrogens is 312 g/mol. The third kappa shape index (κ3) is 2.71. The summed E-state index contributed by atoms with van der Waals surface area (Å²) < 4.78 is 33.0. The fraction of sp³-hybridized carbons (Fsp3) is 0.412. The molecule has 3 heterocycles. The molecule has 2 aromatic rings. The van der Waals surface area contributed by atoms with Gasteiger partial charge in [0.1, 0.15) is 11.5 Å². The highest BCUT2D eigenvalue weighted by Gasteiger charge is 2.36. The Morgan fingerprint density at radius 2 is 2.04 bits per heavy atom. The quantitative estimate of drug-likeness (QED) is 0.934. The standard InChI is InChI=1S/C17H20N2O3S/c20-23(21,15-6-8-18-11-15)19-9-7-14-10-16(22-17(14)12-19)13-4-2-1-3-5-13/h1-5,10,15,18H,6-9,11-12H2. The zero-order valence-corrected chi connectivity index (χ0v) is 13.7. The molecule has 1 unspecified atom stereocenters. The van der Waals surface area contributed by atoms with Gasteiger partial charge in [0.05, 0.1) is 11.8 Å². The molecule has 0 bridgehead atoms. The monoisotopic (exact) mass is 332 g/mol. The Morgan fingerprint density at radius 1 is 1.22 bits per heavy atom. The average molecular weight is 332 g/mol. The van der Waals surface area contributed by atoms with Crippen molar-refractivity contribution in [2.75, 3.05) is 19.6 Å². The minimum atomic E-state index is -3.25. The minimum Gasteiger partial charge on any atom is -0.459 e. The number of nitrogens with one attached hydrogen (secondary N) is 1. The Morgan fingerprint density at radius 3 is 2.78 bits per heavy atom. The molecule has 1 aromatic heterocycles. The normalized spacial score (nSPS) is 22.2. The van der Waals surface area contributed by atoms with Crippen LogP contribution in [0, 0.1) is 0 Å². The Bertz CT molecular complexity index is 793. The average Bonchev–Trinajstić information content (AvgIpc) is 3.24. The highest BCUT2D eigenvalue weighted by atomic mass is 32.2. The van der Waals surface area contributed by atoms with Crippen molar-refractivity contribution in [2.24, 2.45) is 0 Å². The lowest BCUT2D eigenvalue weighted by atomic mass is 10.1. The molecule has 23 heavy (non-hydrogen) atoms. The van der Waals surface area contributed by atoms with E-state index in [1.54, 1.807) is 4.31 Å². The highest BCUT2D eigenvalue weighted by molar-refractivity contribution is 7.89. The first-order chi connectivity index (χ1) is 11.1. The summed E-state index contributed by atoms with van der Waals surface area (Å²) >= 11 is 0. The molecule has 4 rings (SSSR count). The molecule has 0 aliphatic carbocycles. The maximum Gasteiger partial charge on any atom is 0.218 e. The lowest BCUT2D eigenvalue weighted by molar-refractivity contribution is 0.342. The van der Waals surface area contributed by atoms with Crippen LogP contribution in [0.2, 0.25) is 0 Å². The zero-order chi connectivity index (χ0) is 15.9. The van der Waals surface area contributed by atoms with E-state index in [0.717, 1.165) is 29.2 Å². The van der Waals surface area contributed by atoms with Gasteiger partial charge in [-0.1, -0.05) is 30.3 Å². The Labute approximate surface area is 136 Å². The zero-order valence-electron chi connectivity index (χ0n) is 12.9. The van der Waals surface area contributed by atoms with Gasteiger partial charge in [-0.2, -0.15) is 4.31 Å². The lowest BCUT2D eigenvalue weighted by Crippen LogP contribution is -2.42. The first-order valence-corrected chi connectivity index (χ1v) is 9.51. The molecule has 0 saturated carbocycles. The molecule has 0 radical (unpaired) electrons. The Kier molecular flexibility index (Phi) is 3.75. The van der Waals surface area contributed by atoms with Crippen molar-refractivity contribution in [3.05, 3.63) is 47.7 Å². The number of sulfonamides is 1. The van der Waals surface area contributed by atoms with Gasteiger partial charge in [0.2, 0.25) is 10.0 Å². The lowest BCUT2D eigenvalue weighted by Gasteiger charge is -2.27. The summed E-state index contributed by atoms with van der Waals surface area (Å²) in [5.74, 6) is 1.60. The van der Waals surface area contributed by atoms with Crippen molar-refractivity contribution in [3.63, 3.8) is 0 Å². The summed E-state index contributed by atoms with van der Waals surface area (Å²) in [7, 11) is -3.25. The van der Waals surface area contributed by atoms with Crippen LogP contribution in [0.1, 0.15) is 17.7 Å². The fourth-order valence-corrected chi connectivity index (χ4v) is 5.16. The van der Waals surface area contributed by atoms with Gasteiger partial charge in [-0.15, -0.1) is 0 Å². The number of benzene rings is 1. The topological polar surface area (TPSA) is 62.6 Å². The van der Waals surface area contributed by atoms with Crippen molar-refractivity contribution in [1.82, 2.24) is 9.62 Å². The van der Waals surface area contributed by atoms with E-state index >= 15 is 0 Å². The number of hydrogen-bond acceptors (Lipinski definition) is 4. The summed E-state index contributed by atoms with van der Waals surface area (Å²) in [6.07, 6.45) is 1.41. The van der Waals surface area contributed by atoms with Crippen LogP contribution in [-0.4, -0.2) is 37.6 Å². The molecule has 1 N–H and O–H groups in total. The SMILES string of the molecule is O=S(=O)(C1CCNC1)N1CCc2cc(-c3ccccc3)oc2C1. The van der Waals surface area contributed by atoms with Gasteiger partial charge in [0, 0.05) is 18.7 Å². The molecule has 2 aliphatic rings. The van der Waals surface area contributed by atoms with Gasteiger partial charge in [0.15, 0.2) is 0 Å². The maximum atomic E-state index is 12.7. The van der Waals surface area contributed by atoms with Crippen LogP contribution >= 0.6 is 0 Å². The van der Waals surface area contributed by atoms with Crippen LogP contribution in [0.25, 0.3) is 11.3 Å². The molecule has 6 heteroatoms. The van der Waals surface area contributed by atoms with Crippen LogP contribution < -0.4 is 5.32 Å². The number of hydrogen-bond donors (Lipinski definition) is 1. The maximum absolute atomic E-state index is 12.7. The Hall–Kier alpha value is -1.63. The van der Waals surface area contributed by atoms with Crippen molar-refractivity contribution in [1.29, 1.82) is 0 Å². The van der Waals surface area contributed by atoms with Crippen LogP contribution in [-0.2, 0) is 23.0 Å². The highest BCUT2D eigenvalue weighted by Crippen LogP contribution is 2.31. The van der Waals surface area contributed by atoms with E-state index in [0.29, 0.717) is 32.5 Å². The largest absolute Gasteiger partial charge is 0.459 e. The number of nitrogens with zero attached hydrogens (tertiary/aromatic N) is 1. The first-order valence-electron chi connectivity index (χ1n) is 8.01. The Balaban J connectivity index is 1.59. The van der Waals surface area contributed by atoms with Gasteiger partial charge < -0.3 is 9.73 Å². The van der Waals surface area contributed by atoms with Crippen molar-refractivity contribution >= 4 is 10.0 Å². The van der Waals surface area contributed by atoms with E-state index in [4.69, 9.17) is 4.42 Å². The van der Waals surface area contributed by atoms with Gasteiger partial charge in [-0.3, -0.25) is 0 Å². The molecule has 122 valence electrons. The van der Waals surface area contributed by atoms with Crippen LogP contribution in [0.5, 0.6) is 0 Å². The number of fused-ring (bicyclic) bond motifs is 1. The van der Waals surface area contributed by atoms with E-state index in [9.17, 15) is 8.42 Å². The smallest absolute Gasteiger partial charge is 0.218 e. The van der Waals surface area contributed by atoms with Gasteiger partial charge in [-0.25, -0.2) is 8.42 Å².